The third kappa shape index (κ3) is 2.82. The van der Waals surface area contributed by atoms with Gasteiger partial charge in [0.2, 0.25) is 0 Å². The molecule has 2 aromatic heterocycles. The number of rotatable bonds is 4. The standard InChI is InChI=1S/C12H12N2O4S/c1-6-10(7(2)18-14-6)11(15)13-5-8-3-4-9(19-8)12(16)17/h3-4H,5H2,1-2H3,(H,13,15)(H,16,17). The first-order valence-electron chi connectivity index (χ1n) is 5.52. The summed E-state index contributed by atoms with van der Waals surface area (Å²) in [6.07, 6.45) is 0. The zero-order chi connectivity index (χ0) is 14.0. The maximum Gasteiger partial charge on any atom is 0.345 e. The number of aryl methyl sites for hydroxylation is 2. The number of aromatic nitrogens is 1. The number of hydrogen-bond acceptors (Lipinski definition) is 5. The van der Waals surface area contributed by atoms with E-state index in [0.717, 1.165) is 16.2 Å². The van der Waals surface area contributed by atoms with Crippen LogP contribution < -0.4 is 5.32 Å². The van der Waals surface area contributed by atoms with E-state index < -0.39 is 5.97 Å². The van der Waals surface area contributed by atoms with Gasteiger partial charge in [0, 0.05) is 4.88 Å². The molecule has 0 radical (unpaired) electrons. The number of carboxylic acid groups (broad SMARTS) is 1. The molecule has 2 aromatic rings. The number of carbonyl (C=O) groups excluding carboxylic acids is 1. The maximum absolute atomic E-state index is 11.9. The number of amides is 1. The molecule has 0 fully saturated rings. The van der Waals surface area contributed by atoms with Crippen LogP contribution in [0.1, 0.15) is 36.4 Å². The molecule has 7 heteroatoms. The molecule has 19 heavy (non-hydrogen) atoms. The number of carbonyl (C=O) groups is 2. The van der Waals surface area contributed by atoms with Crippen LogP contribution in [0.15, 0.2) is 16.7 Å². The SMILES string of the molecule is Cc1noc(C)c1C(=O)NCc1ccc(C(=O)O)s1. The Kier molecular flexibility index (Phi) is 3.66. The van der Waals surface area contributed by atoms with E-state index in [1.807, 2.05) is 0 Å². The molecule has 2 N–H and O–H groups in total. The molecule has 2 rings (SSSR count). The van der Waals surface area contributed by atoms with Gasteiger partial charge in [0.05, 0.1) is 12.2 Å². The summed E-state index contributed by atoms with van der Waals surface area (Å²) in [5.74, 6) is -0.776. The van der Waals surface area contributed by atoms with Crippen LogP contribution in [0, 0.1) is 13.8 Å². The lowest BCUT2D eigenvalue weighted by atomic mass is 10.2. The van der Waals surface area contributed by atoms with Crippen LogP contribution in [0.3, 0.4) is 0 Å². The summed E-state index contributed by atoms with van der Waals surface area (Å²) in [4.78, 5) is 23.7. The van der Waals surface area contributed by atoms with Crippen molar-refractivity contribution in [2.24, 2.45) is 0 Å². The summed E-state index contributed by atoms with van der Waals surface area (Å²) in [6.45, 7) is 3.64. The van der Waals surface area contributed by atoms with Gasteiger partial charge in [0.1, 0.15) is 16.2 Å². The fourth-order valence-corrected chi connectivity index (χ4v) is 2.44. The number of carboxylic acids is 1. The van der Waals surface area contributed by atoms with Gasteiger partial charge in [0.25, 0.3) is 5.91 Å². The first-order valence-corrected chi connectivity index (χ1v) is 6.33. The Balaban J connectivity index is 2.02. The van der Waals surface area contributed by atoms with E-state index in [0.29, 0.717) is 17.0 Å². The van der Waals surface area contributed by atoms with Crippen molar-refractivity contribution >= 4 is 23.2 Å². The molecule has 0 aliphatic carbocycles. The minimum absolute atomic E-state index is 0.251. The van der Waals surface area contributed by atoms with Gasteiger partial charge in [-0.25, -0.2) is 4.79 Å². The van der Waals surface area contributed by atoms with Crippen LogP contribution in [0.5, 0.6) is 0 Å². The van der Waals surface area contributed by atoms with Crippen LogP contribution in [0.4, 0.5) is 0 Å². The van der Waals surface area contributed by atoms with Gasteiger partial charge in [-0.3, -0.25) is 4.79 Å². The third-order valence-corrected chi connectivity index (χ3v) is 3.63. The lowest BCUT2D eigenvalue weighted by molar-refractivity contribution is 0.0702. The average Bonchev–Trinajstić information content (AvgIpc) is 2.94. The molecular weight excluding hydrogens is 268 g/mol. The number of thiophene rings is 1. The van der Waals surface area contributed by atoms with Gasteiger partial charge in [-0.1, -0.05) is 5.16 Å². The molecule has 0 aromatic carbocycles. The van der Waals surface area contributed by atoms with E-state index in [-0.39, 0.29) is 17.3 Å². The molecule has 1 amide bonds. The Morgan fingerprint density at radius 1 is 1.42 bits per heavy atom. The van der Waals surface area contributed by atoms with Gasteiger partial charge < -0.3 is 14.9 Å². The number of nitrogens with zero attached hydrogens (tertiary/aromatic N) is 1. The second-order valence-electron chi connectivity index (χ2n) is 3.95. The van der Waals surface area contributed by atoms with E-state index in [2.05, 4.69) is 10.5 Å². The first kappa shape index (κ1) is 13.3. The fourth-order valence-electron chi connectivity index (χ4n) is 1.65. The highest BCUT2D eigenvalue weighted by atomic mass is 32.1. The van der Waals surface area contributed by atoms with Crippen molar-refractivity contribution < 1.29 is 19.2 Å². The Bertz CT molecular complexity index is 610. The molecule has 0 saturated carbocycles. The van der Waals surface area contributed by atoms with Gasteiger partial charge in [0.15, 0.2) is 0 Å². The van der Waals surface area contributed by atoms with Crippen molar-refractivity contribution in [3.8, 4) is 0 Å². The van der Waals surface area contributed by atoms with Crippen LogP contribution >= 0.6 is 11.3 Å². The smallest absolute Gasteiger partial charge is 0.345 e. The summed E-state index contributed by atoms with van der Waals surface area (Å²) < 4.78 is 4.92. The topological polar surface area (TPSA) is 92.4 Å². The Hall–Kier alpha value is -2.15. The lowest BCUT2D eigenvalue weighted by Crippen LogP contribution is -2.23. The van der Waals surface area contributed by atoms with E-state index in [4.69, 9.17) is 9.63 Å². The molecule has 2 heterocycles. The van der Waals surface area contributed by atoms with Crippen molar-refractivity contribution in [1.82, 2.24) is 10.5 Å². The predicted molar refractivity (Wildman–Crippen MR) is 68.4 cm³/mol. The van der Waals surface area contributed by atoms with Crippen molar-refractivity contribution in [1.29, 1.82) is 0 Å². The minimum atomic E-state index is -0.965. The molecule has 0 spiro atoms. The second kappa shape index (κ2) is 5.23. The van der Waals surface area contributed by atoms with Crippen molar-refractivity contribution in [3.63, 3.8) is 0 Å². The highest BCUT2D eigenvalue weighted by Crippen LogP contribution is 2.17. The molecule has 0 unspecified atom stereocenters. The average molecular weight is 280 g/mol. The summed E-state index contributed by atoms with van der Waals surface area (Å²) in [5.41, 5.74) is 0.961. The minimum Gasteiger partial charge on any atom is -0.477 e. The van der Waals surface area contributed by atoms with Crippen LogP contribution in [-0.2, 0) is 6.54 Å². The summed E-state index contributed by atoms with van der Waals surface area (Å²) in [5, 5.41) is 15.2. The van der Waals surface area contributed by atoms with Gasteiger partial charge in [-0.05, 0) is 26.0 Å². The quantitative estimate of drug-likeness (QED) is 0.893. The van der Waals surface area contributed by atoms with Gasteiger partial charge in [-0.15, -0.1) is 11.3 Å². The van der Waals surface area contributed by atoms with Gasteiger partial charge >= 0.3 is 5.97 Å². The Morgan fingerprint density at radius 2 is 2.16 bits per heavy atom. The van der Waals surface area contributed by atoms with Crippen LogP contribution in [-0.4, -0.2) is 22.1 Å². The first-order chi connectivity index (χ1) is 8.99. The summed E-state index contributed by atoms with van der Waals surface area (Å²) in [6, 6.07) is 3.20. The van der Waals surface area contributed by atoms with Crippen molar-refractivity contribution in [2.75, 3.05) is 0 Å². The monoisotopic (exact) mass is 280 g/mol. The third-order valence-electron chi connectivity index (χ3n) is 2.56. The summed E-state index contributed by atoms with van der Waals surface area (Å²) >= 11 is 1.14. The van der Waals surface area contributed by atoms with Crippen LogP contribution in [0.2, 0.25) is 0 Å². The molecule has 6 nitrogen and oxygen atoms in total. The maximum atomic E-state index is 11.9. The van der Waals surface area contributed by atoms with E-state index in [1.165, 1.54) is 6.07 Å². The number of aromatic carboxylic acids is 1. The largest absolute Gasteiger partial charge is 0.477 e. The highest BCUT2D eigenvalue weighted by molar-refractivity contribution is 7.13. The van der Waals surface area contributed by atoms with Crippen molar-refractivity contribution in [3.05, 3.63) is 38.9 Å². The fraction of sp³-hybridized carbons (Fsp3) is 0.250. The number of hydrogen-bond donors (Lipinski definition) is 2. The van der Waals surface area contributed by atoms with Crippen molar-refractivity contribution in [2.45, 2.75) is 20.4 Å². The molecular formula is C12H12N2O4S. The molecule has 0 aliphatic heterocycles. The van der Waals surface area contributed by atoms with E-state index >= 15 is 0 Å². The molecule has 0 bridgehead atoms. The zero-order valence-corrected chi connectivity index (χ0v) is 11.2. The molecule has 0 atom stereocenters. The molecule has 0 saturated heterocycles. The van der Waals surface area contributed by atoms with E-state index in [9.17, 15) is 9.59 Å². The molecule has 0 aliphatic rings. The number of nitrogens with one attached hydrogen (secondary N) is 1. The zero-order valence-electron chi connectivity index (χ0n) is 10.4. The summed E-state index contributed by atoms with van der Waals surface area (Å²) in [7, 11) is 0. The Morgan fingerprint density at radius 3 is 2.68 bits per heavy atom. The second-order valence-corrected chi connectivity index (χ2v) is 5.12. The predicted octanol–water partition coefficient (Wildman–Crippen LogP) is 1.98. The highest BCUT2D eigenvalue weighted by Gasteiger charge is 2.17. The van der Waals surface area contributed by atoms with Crippen LogP contribution in [0.25, 0.3) is 0 Å². The molecule has 100 valence electrons. The lowest BCUT2D eigenvalue weighted by Gasteiger charge is -2.02. The van der Waals surface area contributed by atoms with E-state index in [1.54, 1.807) is 19.9 Å². The van der Waals surface area contributed by atoms with Gasteiger partial charge in [-0.2, -0.15) is 0 Å². The normalized spacial score (nSPS) is 10.4. The Labute approximate surface area is 113 Å².